The van der Waals surface area contributed by atoms with Crippen LogP contribution in [0.25, 0.3) is 0 Å². The third-order valence-corrected chi connectivity index (χ3v) is 19.2. The summed E-state index contributed by atoms with van der Waals surface area (Å²) in [6, 6.07) is 0. The van der Waals surface area contributed by atoms with Crippen molar-refractivity contribution < 1.29 is 38.0 Å². The fraction of sp³-hybridized carbons (Fsp3) is 0.905. The molecule has 2 N–H and O–H groups in total. The number of aliphatic hydroxyl groups is 2. The van der Waals surface area contributed by atoms with Crippen LogP contribution in [0.5, 0.6) is 0 Å². The van der Waals surface area contributed by atoms with Gasteiger partial charge in [0.1, 0.15) is 24.4 Å². The van der Waals surface area contributed by atoms with Crippen molar-refractivity contribution in [1.29, 1.82) is 0 Å². The zero-order valence-electron chi connectivity index (χ0n) is 37.4. The topological polar surface area (TPSA) is 95.8 Å². The molecule has 2 aliphatic rings. The Hall–Kier alpha value is -0.586. The van der Waals surface area contributed by atoms with E-state index in [4.69, 9.17) is 27.8 Å². The summed E-state index contributed by atoms with van der Waals surface area (Å²) in [6.45, 7) is 43.8. The zero-order chi connectivity index (χ0) is 40.9. The standard InChI is InChI=1S/C20H40O4Si.C20H38O4Si.C2H6/c2*1-15(2)11-10-12-16(21)18-17(23-20(6,7)24-18)13-14-22-25(8,9)19(3,4)5;1-2/h10,12,15-18,21H,11,13-14H2,1-9H3;15-18,21H,11,13-14H2,1-9H3;1-2H3/b12-10-;;/t2*16?,17-,18+;/m00./s1. The van der Waals surface area contributed by atoms with Gasteiger partial charge >= 0.3 is 0 Å². The largest absolute Gasteiger partial charge is 0.417 e. The van der Waals surface area contributed by atoms with E-state index in [2.05, 4.69) is 107 Å². The van der Waals surface area contributed by atoms with Crippen LogP contribution in [0.1, 0.15) is 136 Å². The Morgan fingerprint density at radius 1 is 0.692 bits per heavy atom. The number of aliphatic hydroxyl groups excluding tert-OH is 2. The minimum absolute atomic E-state index is 0.154. The Bertz CT molecular complexity index is 1090. The van der Waals surface area contributed by atoms with Crippen LogP contribution < -0.4 is 0 Å². The first-order valence-electron chi connectivity index (χ1n) is 20.0. The van der Waals surface area contributed by atoms with Gasteiger partial charge in [-0.25, -0.2) is 0 Å². The minimum atomic E-state index is -1.78. The predicted molar refractivity (Wildman–Crippen MR) is 222 cm³/mol. The molecule has 0 radical (unpaired) electrons. The van der Waals surface area contributed by atoms with Crippen LogP contribution in [0.4, 0.5) is 0 Å². The number of rotatable bonds is 14. The van der Waals surface area contributed by atoms with Crippen molar-refractivity contribution in [2.45, 2.75) is 221 Å². The SMILES string of the molecule is CC.CC(C)C/C=C\C(O)[C@H]1OC(C)(C)O[C@H]1CCO[Si](C)(C)C(C)(C)C.CC(C)CC#CC(O)[C@H]1OC(C)(C)O[C@H]1CCO[Si](C)(C)C(C)(C)C. The summed E-state index contributed by atoms with van der Waals surface area (Å²) >= 11 is 0. The van der Waals surface area contributed by atoms with Gasteiger partial charge in [-0.1, -0.05) is 101 Å². The molecule has 2 saturated heterocycles. The summed E-state index contributed by atoms with van der Waals surface area (Å²) < 4.78 is 36.4. The van der Waals surface area contributed by atoms with Crippen molar-refractivity contribution in [3.05, 3.63) is 12.2 Å². The van der Waals surface area contributed by atoms with Gasteiger partial charge in [-0.3, -0.25) is 0 Å². The monoisotopic (exact) mass is 773 g/mol. The van der Waals surface area contributed by atoms with E-state index in [1.807, 2.05) is 53.7 Å². The second-order valence-electron chi connectivity index (χ2n) is 19.0. The predicted octanol–water partition coefficient (Wildman–Crippen LogP) is 10.2. The molecule has 52 heavy (non-hydrogen) atoms. The highest BCUT2D eigenvalue weighted by Crippen LogP contribution is 2.39. The van der Waals surface area contributed by atoms with Crippen LogP contribution in [0.3, 0.4) is 0 Å². The molecule has 0 aromatic heterocycles. The summed E-state index contributed by atoms with van der Waals surface area (Å²) in [5.74, 6) is 5.67. The average molecular weight is 773 g/mol. The molecule has 2 fully saturated rings. The van der Waals surface area contributed by atoms with E-state index < -0.39 is 46.5 Å². The summed E-state index contributed by atoms with van der Waals surface area (Å²) in [4.78, 5) is 0. The molecule has 2 aliphatic heterocycles. The molecule has 0 spiro atoms. The molecule has 0 amide bonds. The van der Waals surface area contributed by atoms with Gasteiger partial charge in [0.25, 0.3) is 0 Å². The Kier molecular flexibility index (Phi) is 21.4. The average Bonchev–Trinajstić information content (AvgIpc) is 3.46. The van der Waals surface area contributed by atoms with Gasteiger partial charge in [-0.2, -0.15) is 0 Å². The molecule has 0 aromatic rings. The van der Waals surface area contributed by atoms with E-state index in [-0.39, 0.29) is 28.4 Å². The molecule has 10 heteroatoms. The van der Waals surface area contributed by atoms with Gasteiger partial charge in [0.2, 0.25) is 0 Å². The van der Waals surface area contributed by atoms with E-state index in [0.29, 0.717) is 31.5 Å². The van der Waals surface area contributed by atoms with Crippen LogP contribution >= 0.6 is 0 Å². The van der Waals surface area contributed by atoms with Crippen molar-refractivity contribution in [3.8, 4) is 11.8 Å². The van der Waals surface area contributed by atoms with E-state index in [0.717, 1.165) is 19.3 Å². The molecular formula is C42H84O8Si2. The van der Waals surface area contributed by atoms with Gasteiger partial charge in [-0.15, -0.1) is 5.92 Å². The first-order chi connectivity index (χ1) is 23.5. The van der Waals surface area contributed by atoms with Gasteiger partial charge in [0, 0.05) is 19.6 Å². The lowest BCUT2D eigenvalue weighted by Crippen LogP contribution is -2.42. The Labute approximate surface area is 323 Å². The van der Waals surface area contributed by atoms with Gasteiger partial charge in [0.15, 0.2) is 28.2 Å². The third kappa shape index (κ3) is 18.4. The van der Waals surface area contributed by atoms with Gasteiger partial charge in [-0.05, 0) is 95.1 Å². The van der Waals surface area contributed by atoms with Crippen molar-refractivity contribution in [3.63, 3.8) is 0 Å². The van der Waals surface area contributed by atoms with Crippen LogP contribution in [0, 0.1) is 23.7 Å². The third-order valence-electron chi connectivity index (χ3n) is 10.1. The molecule has 0 aliphatic carbocycles. The molecule has 6 atom stereocenters. The maximum atomic E-state index is 10.5. The van der Waals surface area contributed by atoms with Crippen LogP contribution in [-0.2, 0) is 27.8 Å². The lowest BCUT2D eigenvalue weighted by molar-refractivity contribution is -0.153. The molecular weight excluding hydrogens is 689 g/mol. The second-order valence-corrected chi connectivity index (χ2v) is 28.6. The van der Waals surface area contributed by atoms with Gasteiger partial charge in [0.05, 0.1) is 12.2 Å². The van der Waals surface area contributed by atoms with Gasteiger partial charge < -0.3 is 38.0 Å². The molecule has 8 nitrogen and oxygen atoms in total. The molecule has 0 bridgehead atoms. The second kappa shape index (κ2) is 21.6. The van der Waals surface area contributed by atoms with Crippen molar-refractivity contribution in [1.82, 2.24) is 0 Å². The maximum absolute atomic E-state index is 10.5. The summed E-state index contributed by atoms with van der Waals surface area (Å²) in [5.41, 5.74) is 0. The molecule has 2 rings (SSSR count). The van der Waals surface area contributed by atoms with Crippen molar-refractivity contribution in [2.75, 3.05) is 13.2 Å². The summed E-state index contributed by atoms with van der Waals surface area (Å²) in [5, 5.41) is 21.3. The number of hydrogen-bond acceptors (Lipinski definition) is 8. The Morgan fingerprint density at radius 3 is 1.48 bits per heavy atom. The lowest BCUT2D eigenvalue weighted by Gasteiger charge is -2.36. The molecule has 0 saturated carbocycles. The number of allylic oxidation sites excluding steroid dienone is 1. The van der Waals surface area contributed by atoms with E-state index in [1.54, 1.807) is 0 Å². The summed E-state index contributed by atoms with van der Waals surface area (Å²) in [7, 11) is -3.55. The highest BCUT2D eigenvalue weighted by molar-refractivity contribution is 6.74. The van der Waals surface area contributed by atoms with Crippen LogP contribution in [0.15, 0.2) is 12.2 Å². The zero-order valence-corrected chi connectivity index (χ0v) is 39.4. The summed E-state index contributed by atoms with van der Waals surface area (Å²) in [6.07, 6.45) is 4.40. The maximum Gasteiger partial charge on any atom is 0.191 e. The van der Waals surface area contributed by atoms with Crippen LogP contribution in [0.2, 0.25) is 36.3 Å². The fourth-order valence-electron chi connectivity index (χ4n) is 5.07. The highest BCUT2D eigenvalue weighted by atomic mass is 28.4. The fourth-order valence-corrected chi connectivity index (χ4v) is 7.20. The van der Waals surface area contributed by atoms with E-state index >= 15 is 0 Å². The molecule has 2 heterocycles. The van der Waals surface area contributed by atoms with Crippen molar-refractivity contribution in [2.24, 2.45) is 11.8 Å². The normalized spacial score (nSPS) is 24.5. The molecule has 0 aromatic carbocycles. The Balaban J connectivity index is 0.000000955. The number of ether oxygens (including phenoxy) is 4. The minimum Gasteiger partial charge on any atom is -0.417 e. The van der Waals surface area contributed by atoms with Crippen molar-refractivity contribution >= 4 is 16.6 Å². The Morgan fingerprint density at radius 2 is 1.10 bits per heavy atom. The van der Waals surface area contributed by atoms with E-state index in [1.165, 1.54) is 0 Å². The quantitative estimate of drug-likeness (QED) is 0.102. The van der Waals surface area contributed by atoms with Crippen LogP contribution in [-0.4, -0.2) is 88.3 Å². The molecule has 2 unspecified atom stereocenters. The number of hydrogen-bond donors (Lipinski definition) is 2. The van der Waals surface area contributed by atoms with E-state index in [9.17, 15) is 10.2 Å². The lowest BCUT2D eigenvalue weighted by atomic mass is 10.0. The first-order valence-corrected chi connectivity index (χ1v) is 25.8. The first kappa shape index (κ1) is 51.4. The molecule has 308 valence electrons. The smallest absolute Gasteiger partial charge is 0.191 e. The highest BCUT2D eigenvalue weighted by Gasteiger charge is 2.46.